The molecule has 0 bridgehead atoms. The molecule has 1 aromatic heterocycles. The number of benzene rings is 1. The summed E-state index contributed by atoms with van der Waals surface area (Å²) in [6.07, 6.45) is 5.48. The highest BCUT2D eigenvalue weighted by Crippen LogP contribution is 2.34. The lowest BCUT2D eigenvalue weighted by atomic mass is 9.88. The minimum absolute atomic E-state index is 0.160. The summed E-state index contributed by atoms with van der Waals surface area (Å²) in [5.41, 5.74) is 1.71. The highest BCUT2D eigenvalue weighted by molar-refractivity contribution is 9.10. The van der Waals surface area contributed by atoms with Gasteiger partial charge in [0.05, 0.1) is 11.4 Å². The van der Waals surface area contributed by atoms with Gasteiger partial charge in [-0.05, 0) is 42.9 Å². The van der Waals surface area contributed by atoms with E-state index < -0.39 is 21.5 Å². The second-order valence-electron chi connectivity index (χ2n) is 7.00. The highest BCUT2D eigenvalue weighted by Gasteiger charge is 2.24. The second-order valence-corrected chi connectivity index (χ2v) is 11.1. The number of hydrogen-bond donors (Lipinski definition) is 1. The lowest BCUT2D eigenvalue weighted by Crippen LogP contribution is -2.23. The summed E-state index contributed by atoms with van der Waals surface area (Å²) < 4.78 is 25.5. The molecule has 2 aromatic rings. The Morgan fingerprint density at radius 1 is 1.41 bits per heavy atom. The largest absolute Gasteiger partial charge is 0.301 e. The number of aromatic nitrogens is 1. The topological polar surface area (TPSA) is 76.1 Å². The molecule has 0 saturated carbocycles. The molecule has 1 amide bonds. The van der Waals surface area contributed by atoms with Gasteiger partial charge in [-0.3, -0.25) is 4.79 Å². The SMILES string of the molecule is CCC[C@H]1CCc2nc(NC(=O)CS(=O)(=O)Cc3cccc(Br)c3)sc2C1. The molecule has 3 rings (SSSR count). The van der Waals surface area contributed by atoms with Crippen LogP contribution < -0.4 is 5.32 Å². The fourth-order valence-corrected chi connectivity index (χ4v) is 6.28. The number of rotatable bonds is 7. The van der Waals surface area contributed by atoms with Crippen LogP contribution in [0.1, 0.15) is 42.3 Å². The number of carbonyl (C=O) groups excluding carboxylic acids is 1. The predicted octanol–water partition coefficient (Wildman–Crippen LogP) is 4.36. The van der Waals surface area contributed by atoms with Crippen molar-refractivity contribution >= 4 is 48.1 Å². The van der Waals surface area contributed by atoms with Crippen LogP contribution in [-0.2, 0) is 33.2 Å². The van der Waals surface area contributed by atoms with Crippen molar-refractivity contribution in [3.63, 3.8) is 0 Å². The smallest absolute Gasteiger partial charge is 0.241 e. The maximum atomic E-state index is 12.3. The van der Waals surface area contributed by atoms with Gasteiger partial charge in [-0.2, -0.15) is 0 Å². The van der Waals surface area contributed by atoms with Crippen LogP contribution in [0.2, 0.25) is 0 Å². The van der Waals surface area contributed by atoms with Crippen LogP contribution in [0.5, 0.6) is 0 Å². The number of amides is 1. The Hall–Kier alpha value is -1.25. The quantitative estimate of drug-likeness (QED) is 0.651. The Labute approximate surface area is 172 Å². The molecule has 146 valence electrons. The van der Waals surface area contributed by atoms with Gasteiger partial charge in [0.25, 0.3) is 0 Å². The zero-order chi connectivity index (χ0) is 19.4. The molecule has 1 heterocycles. The molecule has 0 radical (unpaired) electrons. The first-order valence-electron chi connectivity index (χ1n) is 9.08. The Kier molecular flexibility index (Phi) is 6.70. The van der Waals surface area contributed by atoms with Crippen molar-refractivity contribution in [3.8, 4) is 0 Å². The molecule has 0 fully saturated rings. The number of fused-ring (bicyclic) bond motifs is 1. The molecule has 1 atom stereocenters. The van der Waals surface area contributed by atoms with Gasteiger partial charge in [0.1, 0.15) is 5.75 Å². The number of aryl methyl sites for hydroxylation is 1. The zero-order valence-electron chi connectivity index (χ0n) is 15.2. The number of thiazole rings is 1. The molecule has 1 aromatic carbocycles. The molecule has 0 aliphatic heterocycles. The average molecular weight is 471 g/mol. The van der Waals surface area contributed by atoms with Crippen LogP contribution in [0.25, 0.3) is 0 Å². The molecular formula is C19H23BrN2O3S2. The van der Waals surface area contributed by atoms with Crippen LogP contribution in [0.3, 0.4) is 0 Å². The van der Waals surface area contributed by atoms with E-state index in [1.807, 2.05) is 6.07 Å². The maximum Gasteiger partial charge on any atom is 0.241 e. The fraction of sp³-hybridized carbons (Fsp3) is 0.474. The van der Waals surface area contributed by atoms with Gasteiger partial charge in [-0.1, -0.05) is 47.8 Å². The van der Waals surface area contributed by atoms with Crippen molar-refractivity contribution in [1.82, 2.24) is 4.98 Å². The van der Waals surface area contributed by atoms with E-state index in [9.17, 15) is 13.2 Å². The normalized spacial score (nSPS) is 16.7. The van der Waals surface area contributed by atoms with Crippen molar-refractivity contribution in [2.24, 2.45) is 5.92 Å². The Bertz CT molecular complexity index is 925. The Balaban J connectivity index is 1.59. The summed E-state index contributed by atoms with van der Waals surface area (Å²) in [5, 5.41) is 3.19. The molecule has 1 aliphatic rings. The number of nitrogens with one attached hydrogen (secondary N) is 1. The third-order valence-electron chi connectivity index (χ3n) is 4.61. The third kappa shape index (κ3) is 5.86. The van der Waals surface area contributed by atoms with Crippen molar-refractivity contribution in [2.75, 3.05) is 11.1 Å². The molecule has 8 heteroatoms. The Morgan fingerprint density at radius 2 is 2.22 bits per heavy atom. The predicted molar refractivity (Wildman–Crippen MR) is 113 cm³/mol. The van der Waals surface area contributed by atoms with Crippen molar-refractivity contribution in [2.45, 2.75) is 44.8 Å². The number of halogens is 1. The van der Waals surface area contributed by atoms with E-state index in [2.05, 4.69) is 33.2 Å². The second kappa shape index (κ2) is 8.84. The monoisotopic (exact) mass is 470 g/mol. The lowest BCUT2D eigenvalue weighted by molar-refractivity contribution is -0.113. The summed E-state index contributed by atoms with van der Waals surface area (Å²) >= 11 is 4.81. The van der Waals surface area contributed by atoms with Gasteiger partial charge in [-0.25, -0.2) is 13.4 Å². The average Bonchev–Trinajstić information content (AvgIpc) is 2.95. The van der Waals surface area contributed by atoms with Crippen LogP contribution in [0.4, 0.5) is 5.13 Å². The van der Waals surface area contributed by atoms with Gasteiger partial charge < -0.3 is 5.32 Å². The van der Waals surface area contributed by atoms with E-state index >= 15 is 0 Å². The third-order valence-corrected chi connectivity index (χ3v) is 7.62. The first-order valence-corrected chi connectivity index (χ1v) is 12.5. The van der Waals surface area contributed by atoms with E-state index in [0.29, 0.717) is 16.6 Å². The number of anilines is 1. The van der Waals surface area contributed by atoms with E-state index in [-0.39, 0.29) is 5.75 Å². The minimum atomic E-state index is -3.54. The number of carbonyl (C=O) groups is 1. The summed E-state index contributed by atoms with van der Waals surface area (Å²) in [5.74, 6) is -0.534. The molecule has 0 spiro atoms. The number of hydrogen-bond acceptors (Lipinski definition) is 5. The molecular weight excluding hydrogens is 448 g/mol. The summed E-state index contributed by atoms with van der Waals surface area (Å²) in [6, 6.07) is 7.10. The van der Waals surface area contributed by atoms with Crippen molar-refractivity contribution in [1.29, 1.82) is 0 Å². The molecule has 0 saturated heterocycles. The standard InChI is InChI=1S/C19H23BrN2O3S2/c1-2-4-13-7-8-16-17(10-13)26-19(21-16)22-18(23)12-27(24,25)11-14-5-3-6-15(20)9-14/h3,5-6,9,13H,2,4,7-8,10-12H2,1H3,(H,21,22,23)/t13-/m0/s1. The van der Waals surface area contributed by atoms with E-state index in [1.54, 1.807) is 18.2 Å². The zero-order valence-corrected chi connectivity index (χ0v) is 18.4. The maximum absolute atomic E-state index is 12.3. The summed E-state index contributed by atoms with van der Waals surface area (Å²) in [6.45, 7) is 2.20. The van der Waals surface area contributed by atoms with Crippen LogP contribution in [0, 0.1) is 5.92 Å². The van der Waals surface area contributed by atoms with E-state index in [1.165, 1.54) is 29.1 Å². The van der Waals surface area contributed by atoms with E-state index in [0.717, 1.165) is 29.4 Å². The number of nitrogens with zero attached hydrogens (tertiary/aromatic N) is 1. The van der Waals surface area contributed by atoms with Crippen LogP contribution in [-0.4, -0.2) is 25.1 Å². The van der Waals surface area contributed by atoms with Crippen molar-refractivity contribution < 1.29 is 13.2 Å². The van der Waals surface area contributed by atoms with Gasteiger partial charge in [-0.15, -0.1) is 11.3 Å². The molecule has 1 aliphatic carbocycles. The highest BCUT2D eigenvalue weighted by atomic mass is 79.9. The molecule has 0 unspecified atom stereocenters. The van der Waals surface area contributed by atoms with E-state index in [4.69, 9.17) is 0 Å². The molecule has 27 heavy (non-hydrogen) atoms. The summed E-state index contributed by atoms with van der Waals surface area (Å²) in [7, 11) is -3.54. The number of sulfone groups is 1. The van der Waals surface area contributed by atoms with Gasteiger partial charge in [0.2, 0.25) is 5.91 Å². The summed E-state index contributed by atoms with van der Waals surface area (Å²) in [4.78, 5) is 18.0. The van der Waals surface area contributed by atoms with Gasteiger partial charge in [0.15, 0.2) is 15.0 Å². The fourth-order valence-electron chi connectivity index (χ4n) is 3.44. The lowest BCUT2D eigenvalue weighted by Gasteiger charge is -2.19. The van der Waals surface area contributed by atoms with Gasteiger partial charge in [0, 0.05) is 9.35 Å². The minimum Gasteiger partial charge on any atom is -0.301 e. The molecule has 5 nitrogen and oxygen atoms in total. The van der Waals surface area contributed by atoms with Crippen molar-refractivity contribution in [3.05, 3.63) is 44.9 Å². The van der Waals surface area contributed by atoms with Crippen LogP contribution in [0.15, 0.2) is 28.7 Å². The Morgan fingerprint density at radius 3 is 2.96 bits per heavy atom. The first-order chi connectivity index (χ1) is 12.8. The molecule has 1 N–H and O–H groups in total. The van der Waals surface area contributed by atoms with Crippen LogP contribution >= 0.6 is 27.3 Å². The van der Waals surface area contributed by atoms with Gasteiger partial charge >= 0.3 is 0 Å². The first kappa shape index (κ1) is 20.5.